The summed E-state index contributed by atoms with van der Waals surface area (Å²) in [7, 11) is -3.50. The minimum absolute atomic E-state index is 0.192. The molecule has 5 nitrogen and oxygen atoms in total. The molecule has 0 heterocycles. The van der Waals surface area contributed by atoms with Crippen LogP contribution in [-0.2, 0) is 15.8 Å². The third kappa shape index (κ3) is 3.62. The van der Waals surface area contributed by atoms with Crippen LogP contribution in [0.2, 0.25) is 0 Å². The Hall–Kier alpha value is -1.42. The van der Waals surface area contributed by atoms with Crippen LogP contribution >= 0.6 is 0 Å². The Kier molecular flexibility index (Phi) is 4.43. The highest BCUT2D eigenvalue weighted by molar-refractivity contribution is 7.93. The van der Waals surface area contributed by atoms with E-state index in [1.807, 2.05) is 6.07 Å². The first-order valence-corrected chi connectivity index (χ1v) is 6.38. The molecule has 0 unspecified atom stereocenters. The number of nitrogens with zero attached hydrogens (tertiary/aromatic N) is 2. The lowest BCUT2D eigenvalue weighted by Gasteiger charge is -2.18. The van der Waals surface area contributed by atoms with E-state index < -0.39 is 10.0 Å². The summed E-state index contributed by atoms with van der Waals surface area (Å²) in [5, 5.41) is 8.81. The van der Waals surface area contributed by atoms with E-state index in [2.05, 4.69) is 10.5 Å². The number of quaternary nitrogens is 1. The minimum atomic E-state index is -3.50. The largest absolute Gasteiger partial charge is 0.544 e. The van der Waals surface area contributed by atoms with Crippen molar-refractivity contribution in [2.45, 2.75) is 5.75 Å². The first-order chi connectivity index (χ1) is 7.59. The van der Waals surface area contributed by atoms with Crippen LogP contribution < -0.4 is 5.73 Å². The quantitative estimate of drug-likeness (QED) is 0.782. The molecule has 0 saturated carbocycles. The molecular formula is C10H13N3O2S. The fraction of sp³-hybridized carbons (Fsp3) is 0.300. The van der Waals surface area contributed by atoms with Crippen molar-refractivity contribution in [3.63, 3.8) is 0 Å². The molecule has 3 N–H and O–H groups in total. The molecular weight excluding hydrogens is 226 g/mol. The van der Waals surface area contributed by atoms with E-state index in [1.54, 1.807) is 24.3 Å². The van der Waals surface area contributed by atoms with E-state index >= 15 is 0 Å². The second-order valence-corrected chi connectivity index (χ2v) is 4.91. The van der Waals surface area contributed by atoms with Gasteiger partial charge in [-0.25, -0.2) is 8.42 Å². The SMILES string of the molecule is N#Cc1ccccc1CS(=O)(=O)[N-]CC[NH3+]. The van der Waals surface area contributed by atoms with Gasteiger partial charge in [0.1, 0.15) is 0 Å². The van der Waals surface area contributed by atoms with Crippen molar-refractivity contribution in [1.82, 2.24) is 0 Å². The maximum absolute atomic E-state index is 11.5. The fourth-order valence-electron chi connectivity index (χ4n) is 1.20. The second-order valence-electron chi connectivity index (χ2n) is 3.20. The van der Waals surface area contributed by atoms with Crippen LogP contribution in [0.4, 0.5) is 0 Å². The number of nitriles is 1. The molecule has 0 aliphatic heterocycles. The normalized spacial score (nSPS) is 11.0. The van der Waals surface area contributed by atoms with Gasteiger partial charge in [-0.1, -0.05) is 24.7 Å². The molecule has 0 aliphatic rings. The molecule has 0 saturated heterocycles. The zero-order chi connectivity index (χ0) is 12.0. The molecule has 0 aromatic heterocycles. The summed E-state index contributed by atoms with van der Waals surface area (Å²) in [6.45, 7) is 0.635. The highest BCUT2D eigenvalue weighted by Crippen LogP contribution is 2.14. The molecule has 0 radical (unpaired) electrons. The van der Waals surface area contributed by atoms with Crippen LogP contribution in [0.1, 0.15) is 11.1 Å². The summed E-state index contributed by atoms with van der Waals surface area (Å²) < 4.78 is 26.6. The molecule has 0 atom stereocenters. The lowest BCUT2D eigenvalue weighted by molar-refractivity contribution is -0.362. The maximum Gasteiger partial charge on any atom is 0.0994 e. The summed E-state index contributed by atoms with van der Waals surface area (Å²) in [6, 6.07) is 8.56. The van der Waals surface area contributed by atoms with Gasteiger partial charge in [-0.15, -0.1) is 0 Å². The predicted octanol–water partition coefficient (Wildman–Crippen LogP) is 0.00368. The molecule has 0 aliphatic carbocycles. The molecule has 0 fully saturated rings. The van der Waals surface area contributed by atoms with Gasteiger partial charge in [-0.2, -0.15) is 5.26 Å². The van der Waals surface area contributed by atoms with Crippen LogP contribution in [0.15, 0.2) is 24.3 Å². The van der Waals surface area contributed by atoms with Crippen LogP contribution in [0.5, 0.6) is 0 Å². The van der Waals surface area contributed by atoms with Crippen LogP contribution in [0.3, 0.4) is 0 Å². The number of hydrogen-bond acceptors (Lipinski definition) is 3. The van der Waals surface area contributed by atoms with Gasteiger partial charge < -0.3 is 10.5 Å². The van der Waals surface area contributed by atoms with E-state index in [4.69, 9.17) is 5.26 Å². The Morgan fingerprint density at radius 2 is 2.06 bits per heavy atom. The zero-order valence-electron chi connectivity index (χ0n) is 8.76. The Balaban J connectivity index is 2.85. The smallest absolute Gasteiger partial charge is 0.0994 e. The number of benzene rings is 1. The van der Waals surface area contributed by atoms with Gasteiger partial charge in [0.05, 0.1) is 34.0 Å². The Morgan fingerprint density at radius 1 is 1.38 bits per heavy atom. The van der Waals surface area contributed by atoms with Crippen molar-refractivity contribution in [1.29, 1.82) is 5.26 Å². The first-order valence-electron chi connectivity index (χ1n) is 4.78. The van der Waals surface area contributed by atoms with Gasteiger partial charge in [0, 0.05) is 0 Å². The molecule has 1 aromatic carbocycles. The first kappa shape index (κ1) is 12.6. The molecule has 86 valence electrons. The molecule has 16 heavy (non-hydrogen) atoms. The van der Waals surface area contributed by atoms with Crippen LogP contribution in [0.25, 0.3) is 4.72 Å². The fourth-order valence-corrected chi connectivity index (χ4v) is 2.34. The minimum Gasteiger partial charge on any atom is -0.544 e. The molecule has 0 amide bonds. The monoisotopic (exact) mass is 239 g/mol. The maximum atomic E-state index is 11.5. The van der Waals surface area contributed by atoms with Gasteiger partial charge >= 0.3 is 0 Å². The van der Waals surface area contributed by atoms with Gasteiger partial charge in [0.2, 0.25) is 0 Å². The highest BCUT2D eigenvalue weighted by atomic mass is 32.2. The average Bonchev–Trinajstić information content (AvgIpc) is 2.27. The summed E-state index contributed by atoms with van der Waals surface area (Å²) in [5.41, 5.74) is 4.37. The Labute approximate surface area is 94.9 Å². The van der Waals surface area contributed by atoms with Crippen LogP contribution in [0, 0.1) is 11.3 Å². The Morgan fingerprint density at radius 3 is 2.69 bits per heavy atom. The third-order valence-corrected chi connectivity index (χ3v) is 3.17. The summed E-state index contributed by atoms with van der Waals surface area (Å²) >= 11 is 0. The van der Waals surface area contributed by atoms with E-state index in [9.17, 15) is 8.42 Å². The highest BCUT2D eigenvalue weighted by Gasteiger charge is 2.06. The van der Waals surface area contributed by atoms with Crippen molar-refractivity contribution in [3.05, 3.63) is 40.1 Å². The van der Waals surface area contributed by atoms with Crippen LogP contribution in [-0.4, -0.2) is 21.5 Å². The second kappa shape index (κ2) is 5.61. The summed E-state index contributed by atoms with van der Waals surface area (Å²) in [4.78, 5) is 0. The molecule has 1 aromatic rings. The third-order valence-electron chi connectivity index (χ3n) is 1.92. The van der Waals surface area contributed by atoms with Crippen molar-refractivity contribution in [2.75, 3.05) is 13.1 Å². The predicted molar refractivity (Wildman–Crippen MR) is 59.8 cm³/mol. The van der Waals surface area contributed by atoms with E-state index in [0.717, 1.165) is 0 Å². The van der Waals surface area contributed by atoms with Crippen molar-refractivity contribution >= 4 is 10.0 Å². The zero-order valence-corrected chi connectivity index (χ0v) is 9.57. The standard InChI is InChI=1S/C10H12N3O2S/c11-5-6-13-16(14,15)8-10-4-2-1-3-9(10)7-12/h1-4H,5-6,8,11H2/q-1/p+1. The number of hydrogen-bond donors (Lipinski definition) is 1. The average molecular weight is 239 g/mol. The lowest BCUT2D eigenvalue weighted by Crippen LogP contribution is -2.51. The van der Waals surface area contributed by atoms with Crippen molar-refractivity contribution in [3.8, 4) is 6.07 Å². The molecule has 6 heteroatoms. The Bertz CT molecular complexity index is 491. The van der Waals surface area contributed by atoms with Gasteiger partial charge in [-0.3, -0.25) is 0 Å². The molecule has 0 spiro atoms. The number of sulfonamides is 1. The van der Waals surface area contributed by atoms with Crippen molar-refractivity contribution < 1.29 is 14.2 Å². The van der Waals surface area contributed by atoms with Gasteiger partial charge in [0.15, 0.2) is 0 Å². The van der Waals surface area contributed by atoms with Crippen molar-refractivity contribution in [2.24, 2.45) is 0 Å². The van der Waals surface area contributed by atoms with E-state index in [-0.39, 0.29) is 12.3 Å². The topological polar surface area (TPSA) is 99.7 Å². The van der Waals surface area contributed by atoms with Gasteiger partial charge in [-0.05, 0) is 11.6 Å². The summed E-state index contributed by atoms with van der Waals surface area (Å²) in [6.07, 6.45) is 0. The molecule has 1 rings (SSSR count). The van der Waals surface area contributed by atoms with E-state index in [1.165, 1.54) is 0 Å². The lowest BCUT2D eigenvalue weighted by atomic mass is 10.1. The van der Waals surface area contributed by atoms with Gasteiger partial charge in [0.25, 0.3) is 0 Å². The van der Waals surface area contributed by atoms with E-state index in [0.29, 0.717) is 17.7 Å². The number of rotatable bonds is 5. The molecule has 0 bridgehead atoms. The summed E-state index contributed by atoms with van der Waals surface area (Å²) in [5.74, 6) is -0.225.